The first-order valence-corrected chi connectivity index (χ1v) is 8.94. The number of nitrogens with two attached hydrogens (primary N) is 1. The summed E-state index contributed by atoms with van der Waals surface area (Å²) in [4.78, 5) is 16.8. The van der Waals surface area contributed by atoms with Crippen molar-refractivity contribution in [1.29, 1.82) is 0 Å². The summed E-state index contributed by atoms with van der Waals surface area (Å²) in [5.41, 5.74) is 5.81. The topological polar surface area (TPSA) is 100 Å². The smallest absolute Gasteiger partial charge is 0.265 e. The predicted octanol–water partition coefficient (Wildman–Crippen LogP) is 1.64. The van der Waals surface area contributed by atoms with Gasteiger partial charge in [-0.1, -0.05) is 25.2 Å². The molecule has 5 N–H and O–H groups in total. The Labute approximate surface area is 133 Å². The molecule has 1 aromatic heterocycles. The molecular formula is C13H24N4O2S2. The largest absolute Gasteiger partial charge is 0.395 e. The summed E-state index contributed by atoms with van der Waals surface area (Å²) in [5, 5.41) is 15.9. The number of nitrogen functional groups attached to an aromatic ring is 1. The van der Waals surface area contributed by atoms with Crippen LogP contribution in [0.15, 0.2) is 0 Å². The van der Waals surface area contributed by atoms with Crippen molar-refractivity contribution in [3.8, 4) is 0 Å². The number of aromatic nitrogens is 1. The molecule has 0 saturated heterocycles. The predicted molar refractivity (Wildman–Crippen MR) is 91.2 cm³/mol. The molecule has 0 aromatic carbocycles. The van der Waals surface area contributed by atoms with E-state index in [-0.39, 0.29) is 29.6 Å². The van der Waals surface area contributed by atoms with Crippen LogP contribution in [0.2, 0.25) is 0 Å². The minimum Gasteiger partial charge on any atom is -0.395 e. The Morgan fingerprint density at radius 1 is 1.48 bits per heavy atom. The monoisotopic (exact) mass is 332 g/mol. The molecule has 0 bridgehead atoms. The lowest BCUT2D eigenvalue weighted by Gasteiger charge is -2.20. The maximum Gasteiger partial charge on any atom is 0.265 e. The van der Waals surface area contributed by atoms with Crippen LogP contribution in [0.25, 0.3) is 0 Å². The van der Waals surface area contributed by atoms with Crippen molar-refractivity contribution >= 4 is 40.0 Å². The minimum atomic E-state index is -0.248. The van der Waals surface area contributed by atoms with Gasteiger partial charge in [0.25, 0.3) is 5.91 Å². The fourth-order valence-electron chi connectivity index (χ4n) is 1.66. The second-order valence-electron chi connectivity index (χ2n) is 5.23. The molecule has 0 saturated carbocycles. The van der Waals surface area contributed by atoms with Gasteiger partial charge in [-0.3, -0.25) is 4.79 Å². The van der Waals surface area contributed by atoms with E-state index < -0.39 is 0 Å². The van der Waals surface area contributed by atoms with Gasteiger partial charge >= 0.3 is 0 Å². The molecule has 0 aliphatic rings. The molecule has 1 aromatic rings. The van der Waals surface area contributed by atoms with Gasteiger partial charge in [0.05, 0.1) is 6.61 Å². The lowest BCUT2D eigenvalue weighted by molar-refractivity contribution is 0.0940. The van der Waals surface area contributed by atoms with E-state index in [0.29, 0.717) is 15.9 Å². The first-order valence-electron chi connectivity index (χ1n) is 6.83. The average Bonchev–Trinajstić information content (AvgIpc) is 2.79. The number of carbonyl (C=O) groups excluding carboxylic acids is 1. The molecule has 0 radical (unpaired) electrons. The Bertz CT molecular complexity index is 461. The summed E-state index contributed by atoms with van der Waals surface area (Å²) in [6.07, 6.45) is 1.90. The summed E-state index contributed by atoms with van der Waals surface area (Å²) in [7, 11) is 0. The molecule has 120 valence electrons. The maximum atomic E-state index is 12.2. The third kappa shape index (κ3) is 5.37. The number of hydrogen-bond donors (Lipinski definition) is 4. The molecule has 1 rings (SSSR count). The zero-order valence-corrected chi connectivity index (χ0v) is 14.5. The lowest BCUT2D eigenvalue weighted by atomic mass is 10.2. The number of aliphatic hydroxyl groups excluding tert-OH is 1. The molecular weight excluding hydrogens is 308 g/mol. The third-order valence-corrected chi connectivity index (χ3v) is 5.11. The van der Waals surface area contributed by atoms with Crippen LogP contribution in [0.4, 0.5) is 10.9 Å². The summed E-state index contributed by atoms with van der Waals surface area (Å²) < 4.78 is 0. The van der Waals surface area contributed by atoms with Crippen LogP contribution >= 0.6 is 23.1 Å². The molecule has 8 heteroatoms. The second-order valence-corrected chi connectivity index (χ2v) is 7.30. The standard InChI is InChI=1S/C13H24N4O2S2/c1-7(2)5-15-13-17-11(14)10(21-13)12(19)16-8(3)9(6-18)20-4/h7-9,18H,5-6,14H2,1-4H3,(H,15,17)(H,16,19). The molecule has 0 aliphatic carbocycles. The van der Waals surface area contributed by atoms with Gasteiger partial charge in [0.1, 0.15) is 10.7 Å². The molecule has 2 atom stereocenters. The highest BCUT2D eigenvalue weighted by Crippen LogP contribution is 2.25. The average molecular weight is 332 g/mol. The Morgan fingerprint density at radius 2 is 2.14 bits per heavy atom. The summed E-state index contributed by atoms with van der Waals surface area (Å²) in [5.74, 6) is 0.475. The molecule has 1 amide bonds. The van der Waals surface area contributed by atoms with Crippen LogP contribution in [0.5, 0.6) is 0 Å². The van der Waals surface area contributed by atoms with Crippen LogP contribution in [0.1, 0.15) is 30.4 Å². The molecule has 0 fully saturated rings. The molecule has 2 unspecified atom stereocenters. The van der Waals surface area contributed by atoms with Crippen molar-refractivity contribution in [3.63, 3.8) is 0 Å². The molecule has 0 aliphatic heterocycles. The van der Waals surface area contributed by atoms with Crippen molar-refractivity contribution in [1.82, 2.24) is 10.3 Å². The number of anilines is 2. The summed E-state index contributed by atoms with van der Waals surface area (Å²) in [6, 6.07) is -0.147. The van der Waals surface area contributed by atoms with Crippen molar-refractivity contribution in [2.45, 2.75) is 32.1 Å². The Hall–Kier alpha value is -0.990. The SMILES string of the molecule is CSC(CO)C(C)NC(=O)c1sc(NCC(C)C)nc1N. The Balaban J connectivity index is 2.69. The second kappa shape index (κ2) is 8.45. The molecule has 0 spiro atoms. The van der Waals surface area contributed by atoms with Crippen LogP contribution in [0, 0.1) is 5.92 Å². The number of thiazole rings is 1. The van der Waals surface area contributed by atoms with Gasteiger partial charge in [-0.25, -0.2) is 4.98 Å². The zero-order valence-electron chi connectivity index (χ0n) is 12.8. The summed E-state index contributed by atoms with van der Waals surface area (Å²) >= 11 is 2.77. The molecule has 1 heterocycles. The van der Waals surface area contributed by atoms with Crippen LogP contribution in [-0.2, 0) is 0 Å². The fraction of sp³-hybridized carbons (Fsp3) is 0.692. The lowest BCUT2D eigenvalue weighted by Crippen LogP contribution is -2.41. The number of aliphatic hydroxyl groups is 1. The van der Waals surface area contributed by atoms with Gasteiger partial charge in [0.2, 0.25) is 0 Å². The van der Waals surface area contributed by atoms with E-state index in [1.165, 1.54) is 23.1 Å². The van der Waals surface area contributed by atoms with E-state index >= 15 is 0 Å². The van der Waals surface area contributed by atoms with Crippen LogP contribution in [-0.4, -0.2) is 46.7 Å². The van der Waals surface area contributed by atoms with Crippen LogP contribution in [0.3, 0.4) is 0 Å². The Kier molecular flexibility index (Phi) is 7.27. The van der Waals surface area contributed by atoms with Crippen LogP contribution < -0.4 is 16.4 Å². The quantitative estimate of drug-likeness (QED) is 0.577. The number of hydrogen-bond acceptors (Lipinski definition) is 7. The number of carbonyl (C=O) groups is 1. The van der Waals surface area contributed by atoms with Gasteiger partial charge in [-0.05, 0) is 19.1 Å². The highest BCUT2D eigenvalue weighted by Gasteiger charge is 2.22. The zero-order chi connectivity index (χ0) is 16.0. The number of rotatable bonds is 8. The fourth-order valence-corrected chi connectivity index (χ4v) is 3.08. The highest BCUT2D eigenvalue weighted by atomic mass is 32.2. The summed E-state index contributed by atoms with van der Waals surface area (Å²) in [6.45, 7) is 6.85. The van der Waals surface area contributed by atoms with Gasteiger partial charge in [0, 0.05) is 17.8 Å². The molecule has 21 heavy (non-hydrogen) atoms. The van der Waals surface area contributed by atoms with E-state index in [4.69, 9.17) is 5.73 Å². The van der Waals surface area contributed by atoms with E-state index in [1.807, 2.05) is 13.2 Å². The van der Waals surface area contributed by atoms with E-state index in [9.17, 15) is 9.90 Å². The first-order chi connectivity index (χ1) is 9.88. The van der Waals surface area contributed by atoms with Gasteiger partial charge in [0.15, 0.2) is 5.13 Å². The first kappa shape index (κ1) is 18.1. The van der Waals surface area contributed by atoms with Gasteiger partial charge in [-0.15, -0.1) is 0 Å². The van der Waals surface area contributed by atoms with Crippen molar-refractivity contribution in [3.05, 3.63) is 4.88 Å². The van der Waals surface area contributed by atoms with Crippen molar-refractivity contribution in [2.75, 3.05) is 30.5 Å². The third-order valence-electron chi connectivity index (χ3n) is 2.92. The van der Waals surface area contributed by atoms with E-state index in [0.717, 1.165) is 6.54 Å². The van der Waals surface area contributed by atoms with Gasteiger partial charge < -0.3 is 21.5 Å². The minimum absolute atomic E-state index is 0.0159. The van der Waals surface area contributed by atoms with Crippen molar-refractivity contribution in [2.24, 2.45) is 5.92 Å². The van der Waals surface area contributed by atoms with Crippen molar-refractivity contribution < 1.29 is 9.90 Å². The number of nitrogens with one attached hydrogen (secondary N) is 2. The normalized spacial score (nSPS) is 14.0. The number of thioether (sulfide) groups is 1. The van der Waals surface area contributed by atoms with E-state index in [1.54, 1.807) is 0 Å². The molecule has 6 nitrogen and oxygen atoms in total. The highest BCUT2D eigenvalue weighted by molar-refractivity contribution is 7.99. The Morgan fingerprint density at radius 3 is 2.67 bits per heavy atom. The van der Waals surface area contributed by atoms with Gasteiger partial charge in [-0.2, -0.15) is 11.8 Å². The maximum absolute atomic E-state index is 12.2. The van der Waals surface area contributed by atoms with E-state index in [2.05, 4.69) is 29.5 Å². The number of nitrogens with zero attached hydrogens (tertiary/aromatic N) is 1. The number of amides is 1.